The van der Waals surface area contributed by atoms with Crippen LogP contribution in [0.4, 0.5) is 5.69 Å². The van der Waals surface area contributed by atoms with Crippen LogP contribution >= 0.6 is 0 Å². The minimum Gasteiger partial charge on any atom is -0.481 e. The Hall–Kier alpha value is -4.17. The second kappa shape index (κ2) is 10.2. The molecule has 5 rings (SSSR count). The lowest BCUT2D eigenvalue weighted by Crippen LogP contribution is -2.36. The molecule has 184 valence electrons. The Morgan fingerprint density at radius 2 is 1.72 bits per heavy atom. The molecule has 0 aliphatic carbocycles. The highest BCUT2D eigenvalue weighted by Gasteiger charge is 2.37. The van der Waals surface area contributed by atoms with Gasteiger partial charge in [0.15, 0.2) is 6.10 Å². The Labute approximate surface area is 208 Å². The summed E-state index contributed by atoms with van der Waals surface area (Å²) in [6.07, 6.45) is 0.965. The summed E-state index contributed by atoms with van der Waals surface area (Å²) in [5.41, 5.74) is 1.21. The molecule has 8 nitrogen and oxygen atoms in total. The first kappa shape index (κ1) is 23.6. The third-order valence-electron chi connectivity index (χ3n) is 6.11. The van der Waals surface area contributed by atoms with Gasteiger partial charge in [0.25, 0.3) is 17.7 Å². The molecule has 3 aromatic carbocycles. The molecule has 0 spiro atoms. The number of hydrogen-bond donors (Lipinski definition) is 1. The van der Waals surface area contributed by atoms with E-state index in [1.54, 1.807) is 61.5 Å². The van der Waals surface area contributed by atoms with Gasteiger partial charge in [-0.3, -0.25) is 19.3 Å². The average molecular weight is 487 g/mol. The quantitative estimate of drug-likeness (QED) is 0.466. The number of nitrogens with zero attached hydrogens (tertiary/aromatic N) is 1. The molecule has 2 heterocycles. The van der Waals surface area contributed by atoms with E-state index in [1.165, 1.54) is 4.90 Å². The van der Waals surface area contributed by atoms with Crippen LogP contribution in [0.5, 0.6) is 17.2 Å². The van der Waals surface area contributed by atoms with Gasteiger partial charge in [-0.15, -0.1) is 0 Å². The molecule has 8 heteroatoms. The number of para-hydroxylation sites is 1. The first-order valence-electron chi connectivity index (χ1n) is 11.9. The van der Waals surface area contributed by atoms with E-state index in [-0.39, 0.29) is 30.4 Å². The molecule has 2 aliphatic heterocycles. The zero-order chi connectivity index (χ0) is 25.1. The summed E-state index contributed by atoms with van der Waals surface area (Å²) in [6, 6.07) is 20.9. The van der Waals surface area contributed by atoms with Crippen molar-refractivity contribution in [2.75, 3.05) is 18.5 Å². The molecular formula is C28H26N2O6. The monoisotopic (exact) mass is 486 g/mol. The van der Waals surface area contributed by atoms with Gasteiger partial charge < -0.3 is 19.5 Å². The van der Waals surface area contributed by atoms with Crippen LogP contribution in [0.2, 0.25) is 0 Å². The summed E-state index contributed by atoms with van der Waals surface area (Å²) in [4.78, 5) is 39.5. The Kier molecular flexibility index (Phi) is 6.69. The highest BCUT2D eigenvalue weighted by Crippen LogP contribution is 2.31. The Balaban J connectivity index is 1.24. The van der Waals surface area contributed by atoms with Crippen molar-refractivity contribution in [1.82, 2.24) is 4.90 Å². The molecule has 1 fully saturated rings. The van der Waals surface area contributed by atoms with Crippen LogP contribution in [-0.4, -0.2) is 48.0 Å². The molecule has 36 heavy (non-hydrogen) atoms. The lowest BCUT2D eigenvalue weighted by Gasteiger charge is -2.17. The maximum absolute atomic E-state index is 12.9. The number of amides is 3. The van der Waals surface area contributed by atoms with Crippen LogP contribution < -0.4 is 14.8 Å². The van der Waals surface area contributed by atoms with Gasteiger partial charge in [-0.1, -0.05) is 24.3 Å². The SMILES string of the molecule is CC(Oc1ccccc1)C(=O)Nc1cccc(Oc2ccc3c(c2)C(=O)N(CC2CCCO2)C3=O)c1. The normalized spacial score (nSPS) is 17.6. The number of rotatable bonds is 8. The van der Waals surface area contributed by atoms with E-state index in [2.05, 4.69) is 5.32 Å². The van der Waals surface area contributed by atoms with Crippen molar-refractivity contribution in [3.8, 4) is 17.2 Å². The van der Waals surface area contributed by atoms with Crippen molar-refractivity contribution in [2.45, 2.75) is 32.0 Å². The third kappa shape index (κ3) is 5.08. The first-order chi connectivity index (χ1) is 17.5. The van der Waals surface area contributed by atoms with Crippen LogP contribution in [0.1, 0.15) is 40.5 Å². The molecule has 2 unspecified atom stereocenters. The zero-order valence-corrected chi connectivity index (χ0v) is 19.8. The van der Waals surface area contributed by atoms with E-state index in [9.17, 15) is 14.4 Å². The second-order valence-electron chi connectivity index (χ2n) is 8.76. The minimum atomic E-state index is -0.699. The molecule has 0 saturated carbocycles. The fraction of sp³-hybridized carbons (Fsp3) is 0.250. The van der Waals surface area contributed by atoms with Gasteiger partial charge in [-0.25, -0.2) is 0 Å². The second-order valence-corrected chi connectivity index (χ2v) is 8.76. The van der Waals surface area contributed by atoms with Crippen LogP contribution in [0, 0.1) is 0 Å². The standard InChI is InChI=1S/C28H26N2O6/c1-18(35-20-8-3-2-4-9-20)26(31)29-19-7-5-10-21(15-19)36-22-12-13-24-25(16-22)28(33)30(27(24)32)17-23-11-6-14-34-23/h2-5,7-10,12-13,15-16,18,23H,6,11,14,17H2,1H3,(H,29,31). The molecule has 2 atom stereocenters. The molecule has 2 aliphatic rings. The lowest BCUT2D eigenvalue weighted by atomic mass is 10.1. The highest BCUT2D eigenvalue weighted by molar-refractivity contribution is 6.21. The number of fused-ring (bicyclic) bond motifs is 1. The number of hydrogen-bond acceptors (Lipinski definition) is 6. The molecule has 3 aromatic rings. The molecule has 1 saturated heterocycles. The Morgan fingerprint density at radius 1 is 0.972 bits per heavy atom. The summed E-state index contributed by atoms with van der Waals surface area (Å²) >= 11 is 0. The highest BCUT2D eigenvalue weighted by atomic mass is 16.5. The summed E-state index contributed by atoms with van der Waals surface area (Å²) in [5, 5.41) is 2.82. The van der Waals surface area contributed by atoms with Crippen LogP contribution in [0.3, 0.4) is 0 Å². The number of carbonyl (C=O) groups excluding carboxylic acids is 3. The Morgan fingerprint density at radius 3 is 2.50 bits per heavy atom. The van der Waals surface area contributed by atoms with Gasteiger partial charge in [0.05, 0.1) is 23.8 Å². The van der Waals surface area contributed by atoms with Crippen molar-refractivity contribution in [2.24, 2.45) is 0 Å². The van der Waals surface area contributed by atoms with Gasteiger partial charge in [-0.05, 0) is 62.2 Å². The fourth-order valence-corrected chi connectivity index (χ4v) is 4.27. The fourth-order valence-electron chi connectivity index (χ4n) is 4.27. The van der Waals surface area contributed by atoms with E-state index in [4.69, 9.17) is 14.2 Å². The minimum absolute atomic E-state index is 0.110. The number of anilines is 1. The predicted molar refractivity (Wildman–Crippen MR) is 132 cm³/mol. The number of ether oxygens (including phenoxy) is 3. The van der Waals surface area contributed by atoms with E-state index in [1.807, 2.05) is 18.2 Å². The van der Waals surface area contributed by atoms with Gasteiger partial charge in [0.2, 0.25) is 0 Å². The van der Waals surface area contributed by atoms with E-state index in [0.29, 0.717) is 40.7 Å². The van der Waals surface area contributed by atoms with Crippen LogP contribution in [-0.2, 0) is 9.53 Å². The smallest absolute Gasteiger partial charge is 0.265 e. The zero-order valence-electron chi connectivity index (χ0n) is 19.8. The predicted octanol–water partition coefficient (Wildman–Crippen LogP) is 4.66. The largest absolute Gasteiger partial charge is 0.481 e. The maximum atomic E-state index is 12.9. The van der Waals surface area contributed by atoms with Crippen molar-refractivity contribution < 1.29 is 28.6 Å². The molecular weight excluding hydrogens is 460 g/mol. The van der Waals surface area contributed by atoms with Gasteiger partial charge in [0.1, 0.15) is 17.2 Å². The number of carbonyl (C=O) groups is 3. The van der Waals surface area contributed by atoms with Crippen molar-refractivity contribution >= 4 is 23.4 Å². The van der Waals surface area contributed by atoms with Crippen LogP contribution in [0.25, 0.3) is 0 Å². The Bertz CT molecular complexity index is 1290. The molecule has 0 aromatic heterocycles. The maximum Gasteiger partial charge on any atom is 0.265 e. The third-order valence-corrected chi connectivity index (χ3v) is 6.11. The number of nitrogens with one attached hydrogen (secondary N) is 1. The van der Waals surface area contributed by atoms with Crippen LogP contribution in [0.15, 0.2) is 72.8 Å². The van der Waals surface area contributed by atoms with Crippen molar-refractivity contribution in [3.63, 3.8) is 0 Å². The van der Waals surface area contributed by atoms with Crippen molar-refractivity contribution in [1.29, 1.82) is 0 Å². The van der Waals surface area contributed by atoms with E-state index >= 15 is 0 Å². The van der Waals surface area contributed by atoms with Gasteiger partial charge in [0, 0.05) is 18.4 Å². The summed E-state index contributed by atoms with van der Waals surface area (Å²) in [6.45, 7) is 2.59. The topological polar surface area (TPSA) is 94.2 Å². The summed E-state index contributed by atoms with van der Waals surface area (Å²) in [7, 11) is 0. The van der Waals surface area contributed by atoms with E-state index < -0.39 is 6.10 Å². The molecule has 3 amide bonds. The first-order valence-corrected chi connectivity index (χ1v) is 11.9. The number of benzene rings is 3. The average Bonchev–Trinajstić information content (AvgIpc) is 3.48. The molecule has 0 radical (unpaired) electrons. The van der Waals surface area contributed by atoms with E-state index in [0.717, 1.165) is 12.8 Å². The van der Waals surface area contributed by atoms with Gasteiger partial charge in [-0.2, -0.15) is 0 Å². The van der Waals surface area contributed by atoms with Crippen molar-refractivity contribution in [3.05, 3.63) is 83.9 Å². The summed E-state index contributed by atoms with van der Waals surface area (Å²) < 4.78 is 17.2. The molecule has 0 bridgehead atoms. The summed E-state index contributed by atoms with van der Waals surface area (Å²) in [5.74, 6) is 0.536. The molecule has 1 N–H and O–H groups in total. The van der Waals surface area contributed by atoms with Gasteiger partial charge >= 0.3 is 0 Å². The number of imide groups is 1. The lowest BCUT2D eigenvalue weighted by molar-refractivity contribution is -0.122.